The third kappa shape index (κ3) is 6.77. The fourth-order valence-corrected chi connectivity index (χ4v) is 3.84. The number of nitrogens with zero attached hydrogens (tertiary/aromatic N) is 2. The van der Waals surface area contributed by atoms with Crippen LogP contribution in [0.25, 0.3) is 0 Å². The number of aryl methyl sites for hydroxylation is 2. The smallest absolute Gasteiger partial charge is 0.335 e. The molecule has 2 amide bonds. The molecule has 3 aromatic rings. The Balaban J connectivity index is 1.91. The van der Waals surface area contributed by atoms with Gasteiger partial charge in [-0.1, -0.05) is 55.3 Å². The largest absolute Gasteiger partial charge is 0.478 e. The lowest BCUT2D eigenvalue weighted by molar-refractivity contribution is -0.129. The van der Waals surface area contributed by atoms with Crippen molar-refractivity contribution in [2.75, 3.05) is 0 Å². The minimum Gasteiger partial charge on any atom is -0.478 e. The number of hydrogen-bond donors (Lipinski definition) is 4. The van der Waals surface area contributed by atoms with Crippen LogP contribution in [0.1, 0.15) is 75.6 Å². The average molecular weight is 479 g/mol. The molecule has 0 saturated heterocycles. The first kappa shape index (κ1) is 25.6. The van der Waals surface area contributed by atoms with E-state index >= 15 is 0 Å². The van der Waals surface area contributed by atoms with E-state index in [-0.39, 0.29) is 12.0 Å². The summed E-state index contributed by atoms with van der Waals surface area (Å²) in [4.78, 5) is 41.0. The standard InChI is InChI=1S/C26H30N4O5/c1-3-4-8-23-27-15-22(30(23)16-18-9-11-19(12-10-18)26(33)34)25(32)28-21(14-24(31)29-35)20-7-5-6-17(2)13-20/h5-7,9-13,15,21,35H,3-4,8,14,16H2,1-2H3,(H,28,32)(H,29,31)(H,33,34). The van der Waals surface area contributed by atoms with Crippen LogP contribution < -0.4 is 10.8 Å². The van der Waals surface area contributed by atoms with Gasteiger partial charge in [-0.3, -0.25) is 14.8 Å². The molecular formula is C26H30N4O5. The van der Waals surface area contributed by atoms with E-state index in [4.69, 9.17) is 10.3 Å². The zero-order valence-corrected chi connectivity index (χ0v) is 19.8. The van der Waals surface area contributed by atoms with Crippen LogP contribution in [0.2, 0.25) is 0 Å². The predicted octanol–water partition coefficient (Wildman–Crippen LogP) is 3.65. The second-order valence-electron chi connectivity index (χ2n) is 8.43. The zero-order chi connectivity index (χ0) is 25.4. The van der Waals surface area contributed by atoms with Crippen molar-refractivity contribution >= 4 is 17.8 Å². The number of aromatic nitrogens is 2. The summed E-state index contributed by atoms with van der Waals surface area (Å²) in [6.07, 6.45) is 3.93. The highest BCUT2D eigenvalue weighted by Gasteiger charge is 2.23. The van der Waals surface area contributed by atoms with Crippen LogP contribution in [-0.4, -0.2) is 37.6 Å². The maximum Gasteiger partial charge on any atom is 0.335 e. The molecule has 0 fully saturated rings. The number of rotatable bonds is 11. The Morgan fingerprint density at radius 2 is 1.86 bits per heavy atom. The number of hydrogen-bond acceptors (Lipinski definition) is 5. The van der Waals surface area contributed by atoms with Crippen molar-refractivity contribution in [2.45, 2.75) is 52.1 Å². The van der Waals surface area contributed by atoms with Crippen molar-refractivity contribution in [2.24, 2.45) is 0 Å². The first-order chi connectivity index (χ1) is 16.8. The van der Waals surface area contributed by atoms with E-state index in [1.807, 2.05) is 35.8 Å². The van der Waals surface area contributed by atoms with Crippen LogP contribution in [0.4, 0.5) is 0 Å². The minimum atomic E-state index is -1.00. The molecule has 0 aliphatic heterocycles. The number of imidazole rings is 1. The normalized spacial score (nSPS) is 11.6. The number of benzene rings is 2. The van der Waals surface area contributed by atoms with E-state index in [9.17, 15) is 14.4 Å². The monoisotopic (exact) mass is 478 g/mol. The van der Waals surface area contributed by atoms with E-state index in [0.717, 1.165) is 35.4 Å². The van der Waals surface area contributed by atoms with Crippen LogP contribution >= 0.6 is 0 Å². The third-order valence-electron chi connectivity index (χ3n) is 5.73. The molecule has 0 radical (unpaired) electrons. The summed E-state index contributed by atoms with van der Waals surface area (Å²) in [5, 5.41) is 21.1. The summed E-state index contributed by atoms with van der Waals surface area (Å²) >= 11 is 0. The lowest BCUT2D eigenvalue weighted by Gasteiger charge is -2.20. The van der Waals surface area contributed by atoms with Crippen LogP contribution in [0.3, 0.4) is 0 Å². The highest BCUT2D eigenvalue weighted by atomic mass is 16.5. The molecule has 1 aromatic heterocycles. The summed E-state index contributed by atoms with van der Waals surface area (Å²) in [6, 6.07) is 13.3. The molecule has 2 aromatic carbocycles. The summed E-state index contributed by atoms with van der Waals surface area (Å²) in [6.45, 7) is 4.33. The van der Waals surface area contributed by atoms with Crippen LogP contribution in [0, 0.1) is 6.92 Å². The highest BCUT2D eigenvalue weighted by Crippen LogP contribution is 2.20. The van der Waals surface area contributed by atoms with Gasteiger partial charge in [-0.25, -0.2) is 15.3 Å². The molecule has 1 unspecified atom stereocenters. The number of nitrogens with one attached hydrogen (secondary N) is 2. The molecule has 9 nitrogen and oxygen atoms in total. The van der Waals surface area contributed by atoms with Gasteiger partial charge in [-0.15, -0.1) is 0 Å². The van der Waals surface area contributed by atoms with Crippen molar-refractivity contribution in [3.8, 4) is 0 Å². The second kappa shape index (κ2) is 11.9. The molecule has 35 heavy (non-hydrogen) atoms. The zero-order valence-electron chi connectivity index (χ0n) is 19.8. The average Bonchev–Trinajstić information content (AvgIpc) is 3.24. The van der Waals surface area contributed by atoms with Crippen LogP contribution in [0.5, 0.6) is 0 Å². The molecule has 0 spiro atoms. The Labute approximate surface area is 203 Å². The maximum atomic E-state index is 13.4. The second-order valence-corrected chi connectivity index (χ2v) is 8.43. The Kier molecular flexibility index (Phi) is 8.74. The summed E-state index contributed by atoms with van der Waals surface area (Å²) in [5.74, 6) is -1.27. The van der Waals surface area contributed by atoms with E-state index < -0.39 is 23.8 Å². The summed E-state index contributed by atoms with van der Waals surface area (Å²) < 4.78 is 1.82. The molecule has 9 heteroatoms. The minimum absolute atomic E-state index is 0.140. The van der Waals surface area contributed by atoms with Crippen molar-refractivity contribution < 1.29 is 24.7 Å². The van der Waals surface area contributed by atoms with Crippen molar-refractivity contribution in [1.82, 2.24) is 20.3 Å². The molecule has 0 saturated carbocycles. The number of hydroxylamine groups is 1. The summed E-state index contributed by atoms with van der Waals surface area (Å²) in [7, 11) is 0. The molecule has 4 N–H and O–H groups in total. The van der Waals surface area contributed by atoms with E-state index in [0.29, 0.717) is 18.7 Å². The van der Waals surface area contributed by atoms with Crippen LogP contribution in [0.15, 0.2) is 54.7 Å². The summed E-state index contributed by atoms with van der Waals surface area (Å²) in [5.41, 5.74) is 4.69. The molecule has 0 aliphatic carbocycles. The lowest BCUT2D eigenvalue weighted by atomic mass is 10.0. The van der Waals surface area contributed by atoms with Crippen molar-refractivity contribution in [3.63, 3.8) is 0 Å². The fourth-order valence-electron chi connectivity index (χ4n) is 3.84. The fraction of sp³-hybridized carbons (Fsp3) is 0.308. The number of carbonyl (C=O) groups is 3. The molecule has 3 rings (SSSR count). The molecule has 184 valence electrons. The number of carboxylic acid groups (broad SMARTS) is 1. The van der Waals surface area contributed by atoms with Gasteiger partial charge in [0, 0.05) is 13.0 Å². The van der Waals surface area contributed by atoms with E-state index in [1.54, 1.807) is 17.6 Å². The highest BCUT2D eigenvalue weighted by molar-refractivity contribution is 5.93. The van der Waals surface area contributed by atoms with Gasteiger partial charge >= 0.3 is 5.97 Å². The first-order valence-electron chi connectivity index (χ1n) is 11.5. The van der Waals surface area contributed by atoms with Gasteiger partial charge in [0.05, 0.1) is 24.2 Å². The Hall–Kier alpha value is -3.98. The lowest BCUT2D eigenvalue weighted by Crippen LogP contribution is -2.34. The maximum absolute atomic E-state index is 13.4. The molecule has 0 aliphatic rings. The number of carbonyl (C=O) groups excluding carboxylic acids is 2. The Morgan fingerprint density at radius 3 is 2.49 bits per heavy atom. The van der Waals surface area contributed by atoms with E-state index in [1.165, 1.54) is 18.3 Å². The molecule has 1 heterocycles. The molecular weight excluding hydrogens is 448 g/mol. The van der Waals surface area contributed by atoms with Gasteiger partial charge in [-0.05, 0) is 36.6 Å². The van der Waals surface area contributed by atoms with Crippen LogP contribution in [-0.2, 0) is 17.8 Å². The third-order valence-corrected chi connectivity index (χ3v) is 5.73. The number of unbranched alkanes of at least 4 members (excludes halogenated alkanes) is 1. The number of carboxylic acids is 1. The SMILES string of the molecule is CCCCc1ncc(C(=O)NC(CC(=O)NO)c2cccc(C)c2)n1Cc1ccc(C(=O)O)cc1. The predicted molar refractivity (Wildman–Crippen MR) is 129 cm³/mol. The molecule has 1 atom stereocenters. The Bertz CT molecular complexity index is 1190. The Morgan fingerprint density at radius 1 is 1.11 bits per heavy atom. The van der Waals surface area contributed by atoms with Gasteiger partial charge < -0.3 is 15.0 Å². The van der Waals surface area contributed by atoms with Crippen molar-refractivity contribution in [3.05, 3.63) is 88.5 Å². The van der Waals surface area contributed by atoms with Gasteiger partial charge in [0.15, 0.2) is 0 Å². The van der Waals surface area contributed by atoms with Crippen molar-refractivity contribution in [1.29, 1.82) is 0 Å². The number of amides is 2. The van der Waals surface area contributed by atoms with Gasteiger partial charge in [0.1, 0.15) is 11.5 Å². The van der Waals surface area contributed by atoms with E-state index in [2.05, 4.69) is 17.2 Å². The topological polar surface area (TPSA) is 134 Å². The first-order valence-corrected chi connectivity index (χ1v) is 11.5. The quantitative estimate of drug-likeness (QED) is 0.246. The molecule has 0 bridgehead atoms. The van der Waals surface area contributed by atoms with Gasteiger partial charge in [0.25, 0.3) is 5.91 Å². The van der Waals surface area contributed by atoms with Gasteiger partial charge in [-0.2, -0.15) is 0 Å². The number of aromatic carboxylic acids is 1. The van der Waals surface area contributed by atoms with Gasteiger partial charge in [0.2, 0.25) is 5.91 Å².